The van der Waals surface area contributed by atoms with Crippen LogP contribution < -0.4 is 0 Å². The van der Waals surface area contributed by atoms with Gasteiger partial charge in [-0.25, -0.2) is 0 Å². The molecule has 8 nitrogen and oxygen atoms in total. The molecule has 0 fully saturated rings. The number of rotatable bonds is 16. The summed E-state index contributed by atoms with van der Waals surface area (Å²) in [5.41, 5.74) is 0. The average molecular weight is 424 g/mol. The molecule has 0 rings (SSSR count). The molecule has 0 spiro atoms. The fourth-order valence-corrected chi connectivity index (χ4v) is 7.04. The van der Waals surface area contributed by atoms with Crippen molar-refractivity contribution in [2.45, 2.75) is 66.6 Å². The molecule has 156 valence electrons. The third-order valence-electron chi connectivity index (χ3n) is 3.19. The topological polar surface area (TPSA) is 105 Å². The molecule has 0 aliphatic carbocycles. The van der Waals surface area contributed by atoms with Crippen molar-refractivity contribution in [2.24, 2.45) is 0 Å². The number of hydrogen-bond acceptors (Lipinski definition) is 8. The summed E-state index contributed by atoms with van der Waals surface area (Å²) in [6, 6.07) is 0. The molecule has 0 aliphatic heterocycles. The molecule has 0 aliphatic rings. The van der Waals surface area contributed by atoms with E-state index >= 15 is 0 Å². The van der Waals surface area contributed by atoms with Crippen LogP contribution in [0.3, 0.4) is 0 Å². The van der Waals surface area contributed by atoms with Gasteiger partial charge in [0.1, 0.15) is 0 Å². The Hall–Kier alpha value is -0.766. The van der Waals surface area contributed by atoms with Crippen LogP contribution in [0.15, 0.2) is 0 Å². The first kappa shape index (κ1) is 26.2. The molecule has 0 saturated heterocycles. The summed E-state index contributed by atoms with van der Waals surface area (Å²) in [7, 11) is 0. The van der Waals surface area contributed by atoms with Gasteiger partial charge in [0.15, 0.2) is 0 Å². The summed E-state index contributed by atoms with van der Waals surface area (Å²) in [5.74, 6) is -0.907. The van der Waals surface area contributed by atoms with Crippen LogP contribution in [0.25, 0.3) is 0 Å². The monoisotopic (exact) mass is 424 g/mol. The Morgan fingerprint density at radius 2 is 1.04 bits per heavy atom. The zero-order valence-electron chi connectivity index (χ0n) is 17.2. The summed E-state index contributed by atoms with van der Waals surface area (Å²) in [4.78, 5) is 49.9. The van der Waals surface area contributed by atoms with Gasteiger partial charge in [-0.3, -0.25) is 0 Å². The summed E-state index contributed by atoms with van der Waals surface area (Å²) in [6.07, 6.45) is -1.96. The molecule has 9 heteroatoms. The molecule has 0 saturated carbocycles. The Labute approximate surface area is 165 Å². The molecular weight excluding hydrogens is 392 g/mol. The van der Waals surface area contributed by atoms with E-state index in [1.807, 2.05) is 0 Å². The van der Waals surface area contributed by atoms with E-state index in [4.69, 9.17) is 16.1 Å². The summed E-state index contributed by atoms with van der Waals surface area (Å²) >= 11 is -4.81. The van der Waals surface area contributed by atoms with Gasteiger partial charge in [-0.05, 0) is 0 Å². The molecule has 27 heavy (non-hydrogen) atoms. The molecule has 0 aromatic carbocycles. The van der Waals surface area contributed by atoms with E-state index in [9.17, 15) is 19.2 Å². The van der Waals surface area contributed by atoms with Crippen molar-refractivity contribution in [3.63, 3.8) is 0 Å². The van der Waals surface area contributed by atoms with Crippen LogP contribution in [0, 0.1) is 0 Å². The first-order chi connectivity index (χ1) is 12.6. The number of ketones is 2. The molecule has 0 radical (unpaired) electrons. The van der Waals surface area contributed by atoms with Gasteiger partial charge in [0.25, 0.3) is 0 Å². The Balaban J connectivity index is 5.60. The van der Waals surface area contributed by atoms with Gasteiger partial charge in [-0.1, -0.05) is 0 Å². The summed E-state index contributed by atoms with van der Waals surface area (Å²) < 4.78 is 20.3. The van der Waals surface area contributed by atoms with Crippen LogP contribution in [-0.2, 0) is 52.7 Å². The van der Waals surface area contributed by atoms with Crippen molar-refractivity contribution in [1.29, 1.82) is 0 Å². The van der Waals surface area contributed by atoms with E-state index in [1.165, 1.54) is 0 Å². The first-order valence-corrected chi connectivity index (χ1v) is 12.0. The molecule has 0 N–H and O–H groups in total. The number of carbonyl (C=O) groups excluding carboxylic acids is 4. The second kappa shape index (κ2) is 13.4. The quantitative estimate of drug-likeness (QED) is 0.273. The third kappa shape index (κ3) is 9.83. The molecule has 0 aromatic heterocycles. The van der Waals surface area contributed by atoms with Crippen molar-refractivity contribution in [1.82, 2.24) is 0 Å². The van der Waals surface area contributed by atoms with Crippen LogP contribution in [0.4, 0.5) is 0 Å². The van der Waals surface area contributed by atoms with E-state index in [-0.39, 0.29) is 13.2 Å². The average Bonchev–Trinajstić information content (AvgIpc) is 2.56. The van der Waals surface area contributed by atoms with Gasteiger partial charge in [0.05, 0.1) is 0 Å². The van der Waals surface area contributed by atoms with Gasteiger partial charge in [-0.15, -0.1) is 0 Å². The Morgan fingerprint density at radius 3 is 1.30 bits per heavy atom. The van der Waals surface area contributed by atoms with E-state index in [2.05, 4.69) is 0 Å². The van der Waals surface area contributed by atoms with Crippen molar-refractivity contribution in [2.75, 3.05) is 26.4 Å². The molecule has 0 bridgehead atoms. The van der Waals surface area contributed by atoms with E-state index in [0.717, 1.165) is 0 Å². The van der Waals surface area contributed by atoms with Gasteiger partial charge in [0.2, 0.25) is 0 Å². The molecule has 0 unspecified atom stereocenters. The molecule has 0 heterocycles. The molecule has 0 amide bonds. The first-order valence-electron chi connectivity index (χ1n) is 9.20. The second-order valence-corrected chi connectivity index (χ2v) is 10.9. The Bertz CT molecular complexity index is 469. The van der Waals surface area contributed by atoms with Crippen LogP contribution in [-0.4, -0.2) is 58.4 Å². The predicted octanol–water partition coefficient (Wildman–Crippen LogP) is 1.86. The van der Waals surface area contributed by atoms with Crippen LogP contribution in [0.5, 0.6) is 0 Å². The number of hydrogen-bond donors (Lipinski definition) is 0. The third-order valence-corrected chi connectivity index (χ3v) is 8.54. The van der Waals surface area contributed by atoms with E-state index in [1.54, 1.807) is 41.5 Å². The summed E-state index contributed by atoms with van der Waals surface area (Å²) in [6.45, 7) is 10.4. The zero-order chi connectivity index (χ0) is 21.0. The molecular formula is C18H32O8Ti. The number of ether oxygens (including phenoxy) is 2. The fourth-order valence-electron chi connectivity index (χ4n) is 2.23. The molecule has 0 aromatic rings. The van der Waals surface area contributed by atoms with Crippen molar-refractivity contribution < 1.29 is 52.7 Å². The maximum atomic E-state index is 12.9. The van der Waals surface area contributed by atoms with E-state index in [0.29, 0.717) is 13.2 Å². The fraction of sp³-hybridized carbons (Fsp3) is 0.778. The molecule has 0 atom stereocenters. The SMILES string of the molecule is CCOCC(=O)C[C](=O)[Ti]([O]C(C)C)([O]C(C)C)[C](=O)CC(=O)COCC. The van der Waals surface area contributed by atoms with Crippen molar-refractivity contribution in [3.8, 4) is 0 Å². The van der Waals surface area contributed by atoms with Crippen molar-refractivity contribution in [3.05, 3.63) is 0 Å². The second-order valence-electron chi connectivity index (χ2n) is 6.50. The number of Topliss-reactive ketones (excluding diaryl/α,β-unsaturated/α-hetero) is 2. The van der Waals surface area contributed by atoms with Gasteiger partial charge >= 0.3 is 165 Å². The predicted molar refractivity (Wildman–Crippen MR) is 94.7 cm³/mol. The van der Waals surface area contributed by atoms with Gasteiger partial charge in [-0.2, -0.15) is 0 Å². The zero-order valence-corrected chi connectivity index (χ0v) is 18.7. The number of carbonyl (C=O) groups is 4. The standard InChI is InChI=1S/2C6H9O3.2C3H7O.Ti/c2*1-2-9-5-6(8)3-4-7;2*1-3(2)4;/h2*2-3,5H2,1H3;2*3H,1-2H3;/q;;2*-1;+2. The van der Waals surface area contributed by atoms with Crippen LogP contribution in [0.2, 0.25) is 0 Å². The van der Waals surface area contributed by atoms with E-state index < -0.39 is 62.2 Å². The van der Waals surface area contributed by atoms with Gasteiger partial charge < -0.3 is 0 Å². The van der Waals surface area contributed by atoms with Crippen LogP contribution >= 0.6 is 0 Å². The normalized spacial score (nSPS) is 11.9. The minimum absolute atomic E-state index is 0.221. The van der Waals surface area contributed by atoms with Crippen molar-refractivity contribution >= 4 is 19.7 Å². The van der Waals surface area contributed by atoms with Crippen LogP contribution in [0.1, 0.15) is 54.4 Å². The minimum atomic E-state index is -4.81. The maximum absolute atomic E-state index is 12.9. The van der Waals surface area contributed by atoms with Gasteiger partial charge in [0, 0.05) is 0 Å². The Morgan fingerprint density at radius 1 is 0.704 bits per heavy atom. The Kier molecular flexibility index (Phi) is 13.0. The summed E-state index contributed by atoms with van der Waals surface area (Å²) in [5, 5.41) is 0.